The molecule has 15 heavy (non-hydrogen) atoms. The lowest BCUT2D eigenvalue weighted by Gasteiger charge is -2.12. The molecule has 0 aliphatic rings. The number of carbonyl (C=O) groups excluding carboxylic acids is 1. The van der Waals surface area contributed by atoms with Gasteiger partial charge in [0.1, 0.15) is 15.9 Å². The van der Waals surface area contributed by atoms with Gasteiger partial charge in [0.2, 0.25) is 0 Å². The normalized spacial score (nSPS) is 11.1. The maximum atomic E-state index is 10.8. The van der Waals surface area contributed by atoms with Gasteiger partial charge in [-0.3, -0.25) is 4.79 Å². The first-order valence-corrected chi connectivity index (χ1v) is 5.46. The SMILES string of the molecule is CC(=O)Oc1cc(C)ccc1S(=O)(=O)[O-]. The quantitative estimate of drug-likeness (QED) is 0.426. The highest BCUT2D eigenvalue weighted by Gasteiger charge is 2.11. The second-order valence-electron chi connectivity index (χ2n) is 3.00. The van der Waals surface area contributed by atoms with Gasteiger partial charge in [0.05, 0.1) is 4.90 Å². The molecule has 0 saturated carbocycles. The van der Waals surface area contributed by atoms with E-state index >= 15 is 0 Å². The van der Waals surface area contributed by atoms with Gasteiger partial charge < -0.3 is 9.29 Å². The van der Waals surface area contributed by atoms with Crippen LogP contribution in [0, 0.1) is 6.92 Å². The van der Waals surface area contributed by atoms with Gasteiger partial charge in [-0.1, -0.05) is 6.07 Å². The molecule has 82 valence electrons. The van der Waals surface area contributed by atoms with Gasteiger partial charge in [-0.2, -0.15) is 0 Å². The van der Waals surface area contributed by atoms with Gasteiger partial charge in [-0.25, -0.2) is 8.42 Å². The monoisotopic (exact) mass is 229 g/mol. The predicted molar refractivity (Wildman–Crippen MR) is 50.5 cm³/mol. The molecule has 5 nitrogen and oxygen atoms in total. The minimum absolute atomic E-state index is 0.225. The van der Waals surface area contributed by atoms with Crippen LogP contribution < -0.4 is 4.74 Å². The Bertz CT molecular complexity index is 489. The van der Waals surface area contributed by atoms with E-state index in [1.807, 2.05) is 0 Å². The first kappa shape index (κ1) is 11.7. The Hall–Kier alpha value is -1.40. The standard InChI is InChI=1S/C9H10O5S/c1-6-3-4-9(15(11,12)13)8(5-6)14-7(2)10/h3-5H,1-2H3,(H,11,12,13)/p-1. The van der Waals surface area contributed by atoms with Crippen molar-refractivity contribution in [1.82, 2.24) is 0 Å². The van der Waals surface area contributed by atoms with Crippen molar-refractivity contribution < 1.29 is 22.5 Å². The number of ether oxygens (including phenoxy) is 1. The maximum Gasteiger partial charge on any atom is 0.308 e. The van der Waals surface area contributed by atoms with Crippen LogP contribution in [0.3, 0.4) is 0 Å². The van der Waals surface area contributed by atoms with Crippen molar-refractivity contribution in [3.05, 3.63) is 23.8 Å². The Morgan fingerprint density at radius 2 is 2.00 bits per heavy atom. The summed E-state index contributed by atoms with van der Waals surface area (Å²) in [5.74, 6) is -0.900. The fourth-order valence-corrected chi connectivity index (χ4v) is 1.64. The first-order chi connectivity index (χ1) is 6.80. The van der Waals surface area contributed by atoms with Crippen molar-refractivity contribution in [3.8, 4) is 5.75 Å². The van der Waals surface area contributed by atoms with Crippen LogP contribution in [-0.2, 0) is 14.9 Å². The molecule has 0 atom stereocenters. The summed E-state index contributed by atoms with van der Waals surface area (Å²) in [6.45, 7) is 2.82. The third-order valence-corrected chi connectivity index (χ3v) is 2.50. The predicted octanol–water partition coefficient (Wildman–Crippen LogP) is 0.824. The van der Waals surface area contributed by atoms with Crippen molar-refractivity contribution in [3.63, 3.8) is 0 Å². The highest BCUT2D eigenvalue weighted by Crippen LogP contribution is 2.24. The van der Waals surface area contributed by atoms with Crippen molar-refractivity contribution in [2.45, 2.75) is 18.7 Å². The third-order valence-electron chi connectivity index (χ3n) is 1.62. The summed E-state index contributed by atoms with van der Waals surface area (Å²) in [7, 11) is -4.62. The lowest BCUT2D eigenvalue weighted by molar-refractivity contribution is -0.132. The maximum absolute atomic E-state index is 10.8. The summed E-state index contributed by atoms with van der Waals surface area (Å²) >= 11 is 0. The molecule has 0 heterocycles. The molecular weight excluding hydrogens is 220 g/mol. The molecule has 6 heteroatoms. The first-order valence-electron chi connectivity index (χ1n) is 4.05. The number of carbonyl (C=O) groups is 1. The average Bonchev–Trinajstić information content (AvgIpc) is 1.99. The lowest BCUT2D eigenvalue weighted by Crippen LogP contribution is -2.07. The minimum atomic E-state index is -4.62. The topological polar surface area (TPSA) is 83.5 Å². The number of rotatable bonds is 2. The van der Waals surface area contributed by atoms with Crippen molar-refractivity contribution in [1.29, 1.82) is 0 Å². The van der Waals surface area contributed by atoms with Gasteiger partial charge in [0, 0.05) is 6.92 Å². The molecule has 1 rings (SSSR count). The van der Waals surface area contributed by atoms with Crippen LogP contribution in [0.1, 0.15) is 12.5 Å². The van der Waals surface area contributed by atoms with E-state index in [1.54, 1.807) is 6.92 Å². The van der Waals surface area contributed by atoms with E-state index < -0.39 is 21.0 Å². The number of hydrogen-bond donors (Lipinski definition) is 0. The molecule has 0 aliphatic carbocycles. The molecule has 0 bridgehead atoms. The Balaban J connectivity index is 3.33. The molecule has 1 aromatic carbocycles. The number of benzene rings is 1. The summed E-state index contributed by atoms with van der Waals surface area (Å²) in [6.07, 6.45) is 0. The molecule has 0 saturated heterocycles. The van der Waals surface area contributed by atoms with Crippen molar-refractivity contribution in [2.75, 3.05) is 0 Å². The van der Waals surface area contributed by atoms with Crippen LogP contribution in [0.15, 0.2) is 23.1 Å². The molecule has 0 amide bonds. The van der Waals surface area contributed by atoms with E-state index in [9.17, 15) is 17.8 Å². The summed E-state index contributed by atoms with van der Waals surface area (Å²) in [5.41, 5.74) is 0.693. The molecule has 0 aliphatic heterocycles. The molecule has 0 unspecified atom stereocenters. The zero-order valence-electron chi connectivity index (χ0n) is 8.18. The van der Waals surface area contributed by atoms with Gasteiger partial charge in [0.25, 0.3) is 0 Å². The van der Waals surface area contributed by atoms with Crippen LogP contribution in [-0.4, -0.2) is 18.9 Å². The van der Waals surface area contributed by atoms with E-state index in [0.29, 0.717) is 5.56 Å². The fraction of sp³-hybridized carbons (Fsp3) is 0.222. The number of hydrogen-bond acceptors (Lipinski definition) is 5. The number of esters is 1. The van der Waals surface area contributed by atoms with E-state index in [1.165, 1.54) is 12.1 Å². The van der Waals surface area contributed by atoms with Crippen LogP contribution in [0.4, 0.5) is 0 Å². The molecule has 0 fully saturated rings. The highest BCUT2D eigenvalue weighted by atomic mass is 32.2. The van der Waals surface area contributed by atoms with E-state index in [2.05, 4.69) is 4.74 Å². The summed E-state index contributed by atoms with van der Waals surface area (Å²) < 4.78 is 37.0. The van der Waals surface area contributed by atoms with Crippen molar-refractivity contribution >= 4 is 16.1 Å². The van der Waals surface area contributed by atoms with E-state index in [0.717, 1.165) is 13.0 Å². The molecular formula is C9H9O5S-. The second-order valence-corrected chi connectivity index (χ2v) is 4.35. The lowest BCUT2D eigenvalue weighted by atomic mass is 10.2. The average molecular weight is 229 g/mol. The van der Waals surface area contributed by atoms with Crippen molar-refractivity contribution in [2.24, 2.45) is 0 Å². The fourth-order valence-electron chi connectivity index (χ4n) is 1.06. The molecule has 0 spiro atoms. The van der Waals surface area contributed by atoms with Crippen LogP contribution in [0.5, 0.6) is 5.75 Å². The second kappa shape index (κ2) is 4.00. The van der Waals surface area contributed by atoms with Gasteiger partial charge in [0.15, 0.2) is 0 Å². The van der Waals surface area contributed by atoms with Crippen LogP contribution >= 0.6 is 0 Å². The summed E-state index contributed by atoms with van der Waals surface area (Å²) in [6, 6.07) is 3.90. The van der Waals surface area contributed by atoms with Gasteiger partial charge >= 0.3 is 5.97 Å². The van der Waals surface area contributed by atoms with Crippen LogP contribution in [0.2, 0.25) is 0 Å². The largest absolute Gasteiger partial charge is 0.744 e. The van der Waals surface area contributed by atoms with E-state index in [-0.39, 0.29) is 5.75 Å². The molecule has 0 aromatic heterocycles. The Kier molecular flexibility index (Phi) is 3.11. The Morgan fingerprint density at radius 1 is 1.40 bits per heavy atom. The minimum Gasteiger partial charge on any atom is -0.744 e. The summed E-state index contributed by atoms with van der Waals surface area (Å²) in [4.78, 5) is 10.2. The van der Waals surface area contributed by atoms with Crippen LogP contribution in [0.25, 0.3) is 0 Å². The smallest absolute Gasteiger partial charge is 0.308 e. The third kappa shape index (κ3) is 3.03. The Morgan fingerprint density at radius 3 is 2.47 bits per heavy atom. The molecule has 0 radical (unpaired) electrons. The molecule has 0 N–H and O–H groups in total. The van der Waals surface area contributed by atoms with E-state index in [4.69, 9.17) is 0 Å². The zero-order chi connectivity index (χ0) is 11.6. The number of aryl methyl sites for hydroxylation is 1. The van der Waals surface area contributed by atoms with Gasteiger partial charge in [-0.15, -0.1) is 0 Å². The van der Waals surface area contributed by atoms with Gasteiger partial charge in [-0.05, 0) is 24.6 Å². The Labute approximate surface area is 87.4 Å². The zero-order valence-corrected chi connectivity index (χ0v) is 9.00. The highest BCUT2D eigenvalue weighted by molar-refractivity contribution is 7.85. The summed E-state index contributed by atoms with van der Waals surface area (Å²) in [5, 5.41) is 0. The molecule has 1 aromatic rings.